The van der Waals surface area contributed by atoms with Gasteiger partial charge in [-0.25, -0.2) is 9.36 Å². The molecule has 0 spiro atoms. The van der Waals surface area contributed by atoms with Crippen LogP contribution in [0.5, 0.6) is 0 Å². The van der Waals surface area contributed by atoms with E-state index in [2.05, 4.69) is 4.98 Å². The number of aromatic nitrogens is 3. The Morgan fingerprint density at radius 2 is 1.62 bits per heavy atom. The molecule has 2 aromatic heterocycles. The Balaban J connectivity index is 2.18. The summed E-state index contributed by atoms with van der Waals surface area (Å²) >= 11 is 0. The lowest BCUT2D eigenvalue weighted by atomic mass is 10.1. The van der Waals surface area contributed by atoms with Gasteiger partial charge in [0.25, 0.3) is 5.56 Å². The number of nitrogens with zero attached hydrogens (tertiary/aromatic N) is 3. The highest BCUT2D eigenvalue weighted by molar-refractivity contribution is 5.80. The molecule has 4 aromatic rings. The van der Waals surface area contributed by atoms with Crippen molar-refractivity contribution < 1.29 is 0 Å². The molecular weight excluding hydrogens is 326 g/mol. The predicted molar refractivity (Wildman–Crippen MR) is 102 cm³/mol. The van der Waals surface area contributed by atoms with E-state index in [0.29, 0.717) is 16.6 Å². The first kappa shape index (κ1) is 16.0. The summed E-state index contributed by atoms with van der Waals surface area (Å²) < 4.78 is 2.75. The average molecular weight is 343 g/mol. The zero-order chi connectivity index (χ0) is 18.3. The fourth-order valence-electron chi connectivity index (χ4n) is 3.09. The van der Waals surface area contributed by atoms with Crippen LogP contribution in [0.15, 0.2) is 76.6 Å². The van der Waals surface area contributed by atoms with Crippen LogP contribution < -0.4 is 11.2 Å². The summed E-state index contributed by atoms with van der Waals surface area (Å²) in [5, 5.41) is 0.481. The molecule has 128 valence electrons. The molecule has 0 N–H and O–H groups in total. The molecule has 26 heavy (non-hydrogen) atoms. The maximum Gasteiger partial charge on any atom is 0.340 e. The number of benzene rings is 2. The normalized spacial score (nSPS) is 11.0. The number of hydrogen-bond donors (Lipinski definition) is 0. The van der Waals surface area contributed by atoms with Crippen LogP contribution in [0.1, 0.15) is 11.1 Å². The van der Waals surface area contributed by atoms with Crippen LogP contribution in [0.3, 0.4) is 0 Å². The summed E-state index contributed by atoms with van der Waals surface area (Å²) in [6.45, 7) is 4.03. The Hall–Kier alpha value is -3.47. The van der Waals surface area contributed by atoms with E-state index in [0.717, 1.165) is 16.8 Å². The van der Waals surface area contributed by atoms with Crippen molar-refractivity contribution in [3.05, 3.63) is 99.0 Å². The van der Waals surface area contributed by atoms with Crippen molar-refractivity contribution in [1.29, 1.82) is 0 Å². The Labute approximate surface area is 149 Å². The smallest absolute Gasteiger partial charge is 0.268 e. The molecule has 0 bridgehead atoms. The molecule has 0 amide bonds. The van der Waals surface area contributed by atoms with Gasteiger partial charge < -0.3 is 0 Å². The first-order valence-electron chi connectivity index (χ1n) is 8.33. The number of pyridine rings is 1. The second-order valence-electron chi connectivity index (χ2n) is 6.26. The molecule has 2 heterocycles. The molecule has 0 saturated heterocycles. The fraction of sp³-hybridized carbons (Fsp3) is 0.0952. The molecule has 0 radical (unpaired) electrons. The van der Waals surface area contributed by atoms with Gasteiger partial charge in [0.15, 0.2) is 0 Å². The minimum atomic E-state index is -0.412. The third-order valence-corrected chi connectivity index (χ3v) is 4.61. The molecule has 0 aliphatic carbocycles. The average Bonchev–Trinajstić information content (AvgIpc) is 2.66. The molecule has 5 heteroatoms. The van der Waals surface area contributed by atoms with E-state index in [1.54, 1.807) is 41.1 Å². The van der Waals surface area contributed by atoms with E-state index in [4.69, 9.17) is 0 Å². The van der Waals surface area contributed by atoms with Gasteiger partial charge in [0.05, 0.1) is 28.5 Å². The number of rotatable bonds is 2. The highest BCUT2D eigenvalue weighted by Gasteiger charge is 2.15. The minimum absolute atomic E-state index is 0.348. The standard InChI is InChI=1S/C21H17N3O2/c1-14-9-10-16(12-15(14)2)23-19-8-4-3-7-18(19)20(25)24(21(23)26)17-6-5-11-22-13-17/h3-13H,1-2H3. The van der Waals surface area contributed by atoms with Crippen LogP contribution >= 0.6 is 0 Å². The largest absolute Gasteiger partial charge is 0.340 e. The van der Waals surface area contributed by atoms with E-state index in [-0.39, 0.29) is 5.56 Å². The SMILES string of the molecule is Cc1ccc(-n2c(=O)n(-c3cccnc3)c(=O)c3ccccc32)cc1C. The van der Waals surface area contributed by atoms with Crippen LogP contribution in [0.25, 0.3) is 22.3 Å². The molecule has 4 rings (SSSR count). The van der Waals surface area contributed by atoms with Crippen molar-refractivity contribution in [2.75, 3.05) is 0 Å². The lowest BCUT2D eigenvalue weighted by Gasteiger charge is -2.15. The van der Waals surface area contributed by atoms with Crippen molar-refractivity contribution in [3.8, 4) is 11.4 Å². The van der Waals surface area contributed by atoms with Crippen LogP contribution in [0.2, 0.25) is 0 Å². The summed E-state index contributed by atoms with van der Waals surface area (Å²) in [5.74, 6) is 0. The van der Waals surface area contributed by atoms with Crippen LogP contribution in [0.4, 0.5) is 0 Å². The van der Waals surface area contributed by atoms with Crippen LogP contribution in [-0.2, 0) is 0 Å². The first-order chi connectivity index (χ1) is 12.6. The summed E-state index contributed by atoms with van der Waals surface area (Å²) in [4.78, 5) is 30.3. The maximum absolute atomic E-state index is 13.3. The second-order valence-corrected chi connectivity index (χ2v) is 6.26. The van der Waals surface area contributed by atoms with Gasteiger partial charge in [-0.15, -0.1) is 0 Å². The van der Waals surface area contributed by atoms with Crippen LogP contribution in [0, 0.1) is 13.8 Å². The highest BCUT2D eigenvalue weighted by atomic mass is 16.2. The molecule has 0 aliphatic heterocycles. The molecule has 0 atom stereocenters. The van der Waals surface area contributed by atoms with E-state index in [1.807, 2.05) is 38.1 Å². The number of fused-ring (bicyclic) bond motifs is 1. The Morgan fingerprint density at radius 3 is 2.35 bits per heavy atom. The third-order valence-electron chi connectivity index (χ3n) is 4.61. The van der Waals surface area contributed by atoms with Gasteiger partial charge in [0.2, 0.25) is 0 Å². The summed E-state index contributed by atoms with van der Waals surface area (Å²) in [6, 6.07) is 16.4. The van der Waals surface area contributed by atoms with E-state index < -0.39 is 5.69 Å². The molecule has 0 fully saturated rings. The van der Waals surface area contributed by atoms with Crippen molar-refractivity contribution >= 4 is 10.9 Å². The Bertz CT molecular complexity index is 1240. The lowest BCUT2D eigenvalue weighted by Crippen LogP contribution is -2.38. The monoisotopic (exact) mass is 343 g/mol. The van der Waals surface area contributed by atoms with Gasteiger partial charge in [-0.05, 0) is 61.4 Å². The van der Waals surface area contributed by atoms with Gasteiger partial charge in [-0.3, -0.25) is 14.3 Å². The van der Waals surface area contributed by atoms with Crippen molar-refractivity contribution in [1.82, 2.24) is 14.1 Å². The maximum atomic E-state index is 13.3. The zero-order valence-electron chi connectivity index (χ0n) is 14.5. The molecule has 0 saturated carbocycles. The molecule has 0 unspecified atom stereocenters. The number of para-hydroxylation sites is 1. The topological polar surface area (TPSA) is 56.9 Å². The third kappa shape index (κ3) is 2.45. The molecular formula is C21H17N3O2. The fourth-order valence-corrected chi connectivity index (χ4v) is 3.09. The van der Waals surface area contributed by atoms with E-state index in [1.165, 1.54) is 10.8 Å². The van der Waals surface area contributed by atoms with Crippen molar-refractivity contribution in [3.63, 3.8) is 0 Å². The minimum Gasteiger partial charge on any atom is -0.268 e. The number of hydrogen-bond acceptors (Lipinski definition) is 3. The van der Waals surface area contributed by atoms with Crippen molar-refractivity contribution in [2.45, 2.75) is 13.8 Å². The quantitative estimate of drug-likeness (QED) is 0.562. The molecule has 2 aromatic carbocycles. The highest BCUT2D eigenvalue weighted by Crippen LogP contribution is 2.17. The van der Waals surface area contributed by atoms with Crippen LogP contribution in [-0.4, -0.2) is 14.1 Å². The summed E-state index contributed by atoms with van der Waals surface area (Å²) in [5.41, 5.74) is 3.23. The molecule has 0 aliphatic rings. The van der Waals surface area contributed by atoms with Gasteiger partial charge in [-0.2, -0.15) is 0 Å². The molecule has 5 nitrogen and oxygen atoms in total. The Kier molecular flexibility index (Phi) is 3.77. The lowest BCUT2D eigenvalue weighted by molar-refractivity contribution is 0.830. The zero-order valence-corrected chi connectivity index (χ0v) is 14.5. The number of aryl methyl sites for hydroxylation is 2. The van der Waals surface area contributed by atoms with Crippen molar-refractivity contribution in [2.24, 2.45) is 0 Å². The van der Waals surface area contributed by atoms with Gasteiger partial charge in [0, 0.05) is 6.20 Å². The predicted octanol–water partition coefficient (Wildman–Crippen LogP) is 3.15. The first-order valence-corrected chi connectivity index (χ1v) is 8.33. The summed E-state index contributed by atoms with van der Waals surface area (Å²) in [7, 11) is 0. The second kappa shape index (κ2) is 6.11. The van der Waals surface area contributed by atoms with E-state index in [9.17, 15) is 9.59 Å². The summed E-state index contributed by atoms with van der Waals surface area (Å²) in [6.07, 6.45) is 3.12. The van der Waals surface area contributed by atoms with Gasteiger partial charge in [0.1, 0.15) is 0 Å². The van der Waals surface area contributed by atoms with Gasteiger partial charge >= 0.3 is 5.69 Å². The Morgan fingerprint density at radius 1 is 0.808 bits per heavy atom. The van der Waals surface area contributed by atoms with E-state index >= 15 is 0 Å². The van der Waals surface area contributed by atoms with Gasteiger partial charge in [-0.1, -0.05) is 18.2 Å².